The van der Waals surface area contributed by atoms with E-state index in [4.69, 9.17) is 15.2 Å². The fraction of sp³-hybridized carbons (Fsp3) is 0.344. The zero-order chi connectivity index (χ0) is 29.7. The van der Waals surface area contributed by atoms with Crippen LogP contribution in [0.25, 0.3) is 0 Å². The molecule has 2 aromatic rings. The molecular formula is C32H30N6O4. The number of hydrogen-bond acceptors (Lipinski definition) is 8. The molecule has 42 heavy (non-hydrogen) atoms. The van der Waals surface area contributed by atoms with Gasteiger partial charge in [0, 0.05) is 37.5 Å². The Labute approximate surface area is 244 Å². The van der Waals surface area contributed by atoms with Gasteiger partial charge in [0.05, 0.1) is 23.4 Å². The van der Waals surface area contributed by atoms with Gasteiger partial charge in [-0.15, -0.1) is 0 Å². The van der Waals surface area contributed by atoms with E-state index in [0.717, 1.165) is 11.1 Å². The van der Waals surface area contributed by atoms with Gasteiger partial charge in [0.1, 0.15) is 19.3 Å². The molecule has 2 amide bonds. The standard InChI is InChI=1S/C32H30N6O4/c33-17-26-25-11-14-38(30(40)42-20-24-9-5-2-6-10-24)18-27(25)31(32(21-34,22-35)28(26)36)12-15-37(16-13-31)29(39)41-19-23-7-3-1-4-8-23/h1-11,27H,12-16,18-20,36H2. The number of hydrogen-bond donors (Lipinski definition) is 1. The van der Waals surface area contributed by atoms with Crippen LogP contribution in [0, 0.1) is 50.7 Å². The van der Waals surface area contributed by atoms with Crippen molar-refractivity contribution in [3.8, 4) is 18.2 Å². The van der Waals surface area contributed by atoms with Crippen LogP contribution in [0.3, 0.4) is 0 Å². The lowest BCUT2D eigenvalue weighted by atomic mass is 9.47. The Morgan fingerprint density at radius 2 is 1.38 bits per heavy atom. The summed E-state index contributed by atoms with van der Waals surface area (Å²) in [6, 6.07) is 25.1. The number of fused-ring (bicyclic) bond motifs is 2. The highest BCUT2D eigenvalue weighted by molar-refractivity contribution is 5.70. The molecule has 212 valence electrons. The van der Waals surface area contributed by atoms with Crippen LogP contribution < -0.4 is 5.73 Å². The second kappa shape index (κ2) is 11.7. The van der Waals surface area contributed by atoms with Crippen molar-refractivity contribution < 1.29 is 19.1 Å². The van der Waals surface area contributed by atoms with E-state index in [1.54, 1.807) is 11.0 Å². The summed E-state index contributed by atoms with van der Waals surface area (Å²) in [6.07, 6.45) is 1.25. The van der Waals surface area contributed by atoms with Crippen molar-refractivity contribution in [1.82, 2.24) is 9.80 Å². The molecule has 2 aliphatic heterocycles. The van der Waals surface area contributed by atoms with Crippen LogP contribution in [0.15, 0.2) is 83.6 Å². The fourth-order valence-electron chi connectivity index (χ4n) is 6.44. The molecule has 10 heteroatoms. The highest BCUT2D eigenvalue weighted by atomic mass is 16.6. The van der Waals surface area contributed by atoms with Gasteiger partial charge in [-0.2, -0.15) is 15.8 Å². The first-order chi connectivity index (χ1) is 20.4. The Morgan fingerprint density at radius 1 is 0.857 bits per heavy atom. The molecule has 2 aromatic carbocycles. The van der Waals surface area contributed by atoms with Crippen LogP contribution in [0.1, 0.15) is 24.0 Å². The van der Waals surface area contributed by atoms with Crippen LogP contribution in [0.5, 0.6) is 0 Å². The number of nitrogens with two attached hydrogens (primary N) is 1. The maximum absolute atomic E-state index is 13.1. The van der Waals surface area contributed by atoms with Gasteiger partial charge in [-0.1, -0.05) is 66.7 Å². The highest BCUT2D eigenvalue weighted by Crippen LogP contribution is 2.61. The molecule has 0 radical (unpaired) electrons. The van der Waals surface area contributed by atoms with Gasteiger partial charge in [-0.25, -0.2) is 9.59 Å². The number of nitriles is 3. The first-order valence-corrected chi connectivity index (χ1v) is 13.7. The minimum atomic E-state index is -1.82. The van der Waals surface area contributed by atoms with E-state index in [0.29, 0.717) is 5.57 Å². The Bertz CT molecular complexity index is 1530. The first-order valence-electron chi connectivity index (χ1n) is 13.7. The van der Waals surface area contributed by atoms with Crippen molar-refractivity contribution in [3.63, 3.8) is 0 Å². The van der Waals surface area contributed by atoms with Crippen molar-refractivity contribution in [1.29, 1.82) is 15.8 Å². The summed E-state index contributed by atoms with van der Waals surface area (Å²) in [4.78, 5) is 29.2. The van der Waals surface area contributed by atoms with E-state index in [2.05, 4.69) is 18.2 Å². The summed E-state index contributed by atoms with van der Waals surface area (Å²) < 4.78 is 11.1. The van der Waals surface area contributed by atoms with Gasteiger partial charge in [-0.3, -0.25) is 0 Å². The summed E-state index contributed by atoms with van der Waals surface area (Å²) in [6.45, 7) is 0.990. The number of benzene rings is 2. The summed E-state index contributed by atoms with van der Waals surface area (Å²) in [5.41, 5.74) is 5.97. The maximum Gasteiger partial charge on any atom is 0.410 e. The Hall–Kier alpha value is -5.27. The van der Waals surface area contributed by atoms with Gasteiger partial charge in [-0.05, 0) is 29.5 Å². The summed E-state index contributed by atoms with van der Waals surface area (Å²) in [7, 11) is 0. The Morgan fingerprint density at radius 3 is 1.88 bits per heavy atom. The molecule has 1 unspecified atom stereocenters. The molecular weight excluding hydrogens is 532 g/mol. The van der Waals surface area contributed by atoms with E-state index in [-0.39, 0.29) is 63.5 Å². The number of nitrogens with zero attached hydrogens (tertiary/aromatic N) is 5. The predicted molar refractivity (Wildman–Crippen MR) is 150 cm³/mol. The Balaban J connectivity index is 1.40. The van der Waals surface area contributed by atoms with Gasteiger partial charge < -0.3 is 25.0 Å². The second-order valence-electron chi connectivity index (χ2n) is 10.7. The topological polar surface area (TPSA) is 156 Å². The van der Waals surface area contributed by atoms with Crippen LogP contribution in [0.2, 0.25) is 0 Å². The zero-order valence-electron chi connectivity index (χ0n) is 23.0. The van der Waals surface area contributed by atoms with Crippen molar-refractivity contribution in [2.45, 2.75) is 26.1 Å². The van der Waals surface area contributed by atoms with Crippen molar-refractivity contribution >= 4 is 12.2 Å². The lowest BCUT2D eigenvalue weighted by molar-refractivity contribution is -0.0123. The fourth-order valence-corrected chi connectivity index (χ4v) is 6.44. The molecule has 2 heterocycles. The number of piperidine rings is 1. The third kappa shape index (κ3) is 4.80. The van der Waals surface area contributed by atoms with Crippen LogP contribution in [-0.4, -0.2) is 48.2 Å². The third-order valence-corrected chi connectivity index (χ3v) is 8.72. The lowest BCUT2D eigenvalue weighted by Crippen LogP contribution is -2.61. The van der Waals surface area contributed by atoms with Gasteiger partial charge >= 0.3 is 12.2 Å². The normalized spacial score (nSPS) is 20.3. The number of carbonyl (C=O) groups excluding carboxylic acids is 2. The van der Waals surface area contributed by atoms with Gasteiger partial charge in [0.25, 0.3) is 0 Å². The average molecular weight is 563 g/mol. The molecule has 1 saturated heterocycles. The molecule has 2 N–H and O–H groups in total. The number of rotatable bonds is 4. The Kier molecular flexibility index (Phi) is 7.86. The number of amides is 2. The largest absolute Gasteiger partial charge is 0.445 e. The van der Waals surface area contributed by atoms with Crippen LogP contribution in [-0.2, 0) is 22.7 Å². The van der Waals surface area contributed by atoms with E-state index in [1.165, 1.54) is 4.90 Å². The van der Waals surface area contributed by atoms with Gasteiger partial charge in [0.15, 0.2) is 5.41 Å². The SMILES string of the molecule is N#CC1=C(N)C(C#N)(C#N)C2(CCN(C(=O)OCc3ccccc3)CC2)C2CN(C(=O)OCc3ccccc3)CC=C12. The van der Waals surface area contributed by atoms with Crippen molar-refractivity contribution in [3.05, 3.63) is 94.7 Å². The first kappa shape index (κ1) is 28.3. The number of ether oxygens (including phenoxy) is 2. The minimum absolute atomic E-state index is 0.0716. The zero-order valence-corrected chi connectivity index (χ0v) is 23.0. The maximum atomic E-state index is 13.1. The molecule has 5 rings (SSSR count). The number of likely N-dealkylation sites (tertiary alicyclic amines) is 1. The summed E-state index contributed by atoms with van der Waals surface area (Å²) in [5, 5.41) is 31.0. The lowest BCUT2D eigenvalue weighted by Gasteiger charge is -2.56. The van der Waals surface area contributed by atoms with E-state index in [1.807, 2.05) is 60.7 Å². The van der Waals surface area contributed by atoms with Crippen LogP contribution >= 0.6 is 0 Å². The molecule has 1 atom stereocenters. The third-order valence-electron chi connectivity index (χ3n) is 8.72. The van der Waals surface area contributed by atoms with Crippen LogP contribution in [0.4, 0.5) is 9.59 Å². The molecule has 3 aliphatic rings. The van der Waals surface area contributed by atoms with E-state index in [9.17, 15) is 25.4 Å². The van der Waals surface area contributed by atoms with E-state index < -0.39 is 28.9 Å². The molecule has 1 aliphatic carbocycles. The summed E-state index contributed by atoms with van der Waals surface area (Å²) in [5.74, 6) is -0.542. The van der Waals surface area contributed by atoms with Crippen molar-refractivity contribution in [2.24, 2.45) is 22.5 Å². The van der Waals surface area contributed by atoms with Crippen molar-refractivity contribution in [2.75, 3.05) is 26.2 Å². The smallest absolute Gasteiger partial charge is 0.410 e. The minimum Gasteiger partial charge on any atom is -0.445 e. The molecule has 10 nitrogen and oxygen atoms in total. The average Bonchev–Trinajstić information content (AvgIpc) is 3.04. The molecule has 0 aromatic heterocycles. The highest BCUT2D eigenvalue weighted by Gasteiger charge is 2.64. The second-order valence-corrected chi connectivity index (χ2v) is 10.7. The number of allylic oxidation sites excluding steroid dienone is 2. The molecule has 1 spiro atoms. The summed E-state index contributed by atoms with van der Waals surface area (Å²) >= 11 is 0. The molecule has 0 bridgehead atoms. The number of carbonyl (C=O) groups is 2. The molecule has 1 fully saturated rings. The van der Waals surface area contributed by atoms with Gasteiger partial charge in [0.2, 0.25) is 0 Å². The van der Waals surface area contributed by atoms with E-state index >= 15 is 0 Å². The predicted octanol–water partition coefficient (Wildman–Crippen LogP) is 4.38. The monoisotopic (exact) mass is 562 g/mol. The quantitative estimate of drug-likeness (QED) is 0.575. The molecule has 0 saturated carbocycles.